The zero-order chi connectivity index (χ0) is 25.5. The Morgan fingerprint density at radius 2 is 1.15 bits per heavy atom. The first-order chi connectivity index (χ1) is 19.4. The van der Waals surface area contributed by atoms with E-state index in [1.807, 2.05) is 0 Å². The van der Waals surface area contributed by atoms with Crippen molar-refractivity contribution in [3.8, 4) is 16.8 Å². The van der Waals surface area contributed by atoms with E-state index in [0.29, 0.717) is 0 Å². The fraction of sp³-hybridized carbons (Fsp3) is 0. The maximum absolute atomic E-state index is 2.51. The Bertz CT molecular complexity index is 2040. The van der Waals surface area contributed by atoms with Gasteiger partial charge in [0.25, 0.3) is 0 Å². The van der Waals surface area contributed by atoms with E-state index < -0.39 is 0 Å². The first-order valence-corrected chi connectivity index (χ1v) is 13.6. The van der Waals surface area contributed by atoms with Crippen LogP contribution in [0.15, 0.2) is 140 Å². The number of aromatic nitrogens is 1. The van der Waals surface area contributed by atoms with Crippen LogP contribution in [0.2, 0.25) is 0 Å². The van der Waals surface area contributed by atoms with Crippen LogP contribution >= 0.6 is 0 Å². The monoisotopic (exact) mass is 494 g/mol. The van der Waals surface area contributed by atoms with E-state index >= 15 is 0 Å². The van der Waals surface area contributed by atoms with Crippen LogP contribution in [0.1, 0.15) is 0 Å². The van der Waals surface area contributed by atoms with Crippen molar-refractivity contribution in [1.82, 2.24) is 4.57 Å². The van der Waals surface area contributed by atoms with Crippen molar-refractivity contribution in [3.63, 3.8) is 0 Å². The van der Waals surface area contributed by atoms with Crippen molar-refractivity contribution in [2.75, 3.05) is 4.90 Å². The molecule has 2 aliphatic heterocycles. The topological polar surface area (TPSA) is 8.17 Å². The van der Waals surface area contributed by atoms with E-state index in [-0.39, 0.29) is 6.71 Å². The van der Waals surface area contributed by atoms with Crippen LogP contribution in [0, 0.1) is 0 Å². The van der Waals surface area contributed by atoms with Crippen LogP contribution in [0.5, 0.6) is 0 Å². The van der Waals surface area contributed by atoms with Gasteiger partial charge in [-0.2, -0.15) is 0 Å². The third-order valence-electron chi connectivity index (χ3n) is 8.58. The number of benzene rings is 6. The molecule has 6 aromatic carbocycles. The summed E-state index contributed by atoms with van der Waals surface area (Å²) >= 11 is 0. The van der Waals surface area contributed by atoms with Gasteiger partial charge in [-0.05, 0) is 59.0 Å². The molecule has 7 aromatic rings. The Labute approximate surface area is 227 Å². The second-order valence-corrected chi connectivity index (χ2v) is 10.5. The molecule has 0 amide bonds. The van der Waals surface area contributed by atoms with Crippen molar-refractivity contribution in [2.24, 2.45) is 0 Å². The largest absolute Gasteiger partial charge is 0.310 e. The summed E-state index contributed by atoms with van der Waals surface area (Å²) in [5.41, 5.74) is 14.3. The smallest absolute Gasteiger partial charge is 0.248 e. The molecular weight excluding hydrogens is 471 g/mol. The molecule has 0 bridgehead atoms. The summed E-state index contributed by atoms with van der Waals surface area (Å²) in [7, 11) is 0. The molecule has 39 heavy (non-hydrogen) atoms. The Hall–Kier alpha value is -5.02. The normalized spacial score (nSPS) is 12.6. The lowest BCUT2D eigenvalue weighted by Gasteiger charge is -2.30. The first-order valence-electron chi connectivity index (χ1n) is 13.6. The van der Waals surface area contributed by atoms with Crippen LogP contribution in [0.25, 0.3) is 38.6 Å². The average molecular weight is 494 g/mol. The molecule has 3 heteroatoms. The van der Waals surface area contributed by atoms with Gasteiger partial charge in [0.1, 0.15) is 0 Å². The fourth-order valence-electron chi connectivity index (χ4n) is 7.12. The molecule has 2 nitrogen and oxygen atoms in total. The van der Waals surface area contributed by atoms with E-state index in [4.69, 9.17) is 0 Å². The summed E-state index contributed by atoms with van der Waals surface area (Å²) in [6, 6.07) is 50.9. The van der Waals surface area contributed by atoms with Crippen LogP contribution in [-0.2, 0) is 0 Å². The summed E-state index contributed by atoms with van der Waals surface area (Å²) < 4.78 is 2.51. The Morgan fingerprint density at radius 3 is 1.95 bits per heavy atom. The minimum Gasteiger partial charge on any atom is -0.310 e. The highest BCUT2D eigenvalue weighted by Gasteiger charge is 2.42. The van der Waals surface area contributed by atoms with Gasteiger partial charge in [0.05, 0.1) is 11.2 Å². The Kier molecular flexibility index (Phi) is 4.17. The highest BCUT2D eigenvalue weighted by Crippen LogP contribution is 2.44. The molecule has 0 atom stereocenters. The van der Waals surface area contributed by atoms with Gasteiger partial charge in [-0.25, -0.2) is 0 Å². The van der Waals surface area contributed by atoms with Gasteiger partial charge in [0.15, 0.2) is 0 Å². The molecule has 0 aliphatic carbocycles. The summed E-state index contributed by atoms with van der Waals surface area (Å²) in [5, 5.41) is 2.65. The molecule has 0 radical (unpaired) electrons. The number of anilines is 3. The van der Waals surface area contributed by atoms with Crippen LogP contribution in [0.4, 0.5) is 17.1 Å². The molecule has 0 saturated carbocycles. The second-order valence-electron chi connectivity index (χ2n) is 10.5. The van der Waals surface area contributed by atoms with Gasteiger partial charge < -0.3 is 9.47 Å². The van der Waals surface area contributed by atoms with Gasteiger partial charge in [0.2, 0.25) is 6.71 Å². The van der Waals surface area contributed by atoms with E-state index in [0.717, 1.165) is 11.4 Å². The minimum absolute atomic E-state index is 0.208. The zero-order valence-corrected chi connectivity index (χ0v) is 21.3. The zero-order valence-electron chi connectivity index (χ0n) is 21.3. The van der Waals surface area contributed by atoms with E-state index in [1.54, 1.807) is 0 Å². The quantitative estimate of drug-likeness (QED) is 0.239. The number of hydrogen-bond donors (Lipinski definition) is 0. The average Bonchev–Trinajstić information content (AvgIpc) is 3.53. The Morgan fingerprint density at radius 1 is 0.513 bits per heavy atom. The molecule has 180 valence electrons. The lowest BCUT2D eigenvalue weighted by atomic mass is 9.37. The first kappa shape index (κ1) is 21.0. The second kappa shape index (κ2) is 7.75. The lowest BCUT2D eigenvalue weighted by molar-refractivity contribution is 1.19. The molecule has 1 aromatic heterocycles. The molecule has 0 saturated heterocycles. The van der Waals surface area contributed by atoms with Gasteiger partial charge in [-0.3, -0.25) is 0 Å². The van der Waals surface area contributed by atoms with Crippen molar-refractivity contribution >= 4 is 62.0 Å². The molecular formula is C36H23BN2. The van der Waals surface area contributed by atoms with Crippen molar-refractivity contribution < 1.29 is 0 Å². The molecule has 3 heterocycles. The summed E-state index contributed by atoms with van der Waals surface area (Å²) in [6.07, 6.45) is 0. The predicted molar refractivity (Wildman–Crippen MR) is 166 cm³/mol. The third kappa shape index (κ3) is 2.72. The highest BCUT2D eigenvalue weighted by molar-refractivity contribution is 7.01. The van der Waals surface area contributed by atoms with Gasteiger partial charge in [-0.15, -0.1) is 0 Å². The maximum atomic E-state index is 2.51. The summed E-state index contributed by atoms with van der Waals surface area (Å²) in [5.74, 6) is 0. The molecule has 0 fully saturated rings. The van der Waals surface area contributed by atoms with Crippen LogP contribution < -0.4 is 21.3 Å². The van der Waals surface area contributed by atoms with Crippen LogP contribution in [-0.4, -0.2) is 11.3 Å². The fourth-order valence-corrected chi connectivity index (χ4v) is 7.12. The SMILES string of the molecule is c1ccc(N(c2ccccc2)c2ccc3c4c2-c2ccccc2B4c2cccc4c5ccccc5n-3c24)cc1. The molecule has 0 spiro atoms. The number of hydrogen-bond acceptors (Lipinski definition) is 1. The van der Waals surface area contributed by atoms with Crippen molar-refractivity contribution in [3.05, 3.63) is 140 Å². The minimum atomic E-state index is 0.208. The standard InChI is InChI=1S/C36H23BN2/c1-3-12-24(13-4-1)38(25-14-5-2-6-15-25)32-22-23-33-35-34(32)28-17-7-9-19-29(28)37(35)30-20-11-18-27-26-16-8-10-21-31(26)39(33)36(27)30/h1-23H. The number of nitrogens with zero attached hydrogens (tertiary/aromatic N) is 2. The van der Waals surface area contributed by atoms with Crippen molar-refractivity contribution in [2.45, 2.75) is 0 Å². The number of rotatable bonds is 3. The number of fused-ring (bicyclic) bond motifs is 8. The number of para-hydroxylation sites is 4. The Balaban J connectivity index is 1.44. The van der Waals surface area contributed by atoms with Crippen LogP contribution in [0.3, 0.4) is 0 Å². The third-order valence-corrected chi connectivity index (χ3v) is 8.58. The lowest BCUT2D eigenvalue weighted by Crippen LogP contribution is -2.53. The molecule has 2 aliphatic rings. The summed E-state index contributed by atoms with van der Waals surface area (Å²) in [4.78, 5) is 2.42. The van der Waals surface area contributed by atoms with E-state index in [2.05, 4.69) is 149 Å². The molecule has 9 rings (SSSR count). The van der Waals surface area contributed by atoms with Gasteiger partial charge >= 0.3 is 0 Å². The maximum Gasteiger partial charge on any atom is 0.248 e. The van der Waals surface area contributed by atoms with E-state index in [1.165, 1.54) is 60.7 Å². The highest BCUT2D eigenvalue weighted by atomic mass is 15.1. The van der Waals surface area contributed by atoms with Gasteiger partial charge in [-0.1, -0.05) is 103 Å². The van der Waals surface area contributed by atoms with E-state index in [9.17, 15) is 0 Å². The molecule has 0 N–H and O–H groups in total. The predicted octanol–water partition coefficient (Wildman–Crippen LogP) is 7.06. The summed E-state index contributed by atoms with van der Waals surface area (Å²) in [6.45, 7) is 0.208. The van der Waals surface area contributed by atoms with Crippen molar-refractivity contribution in [1.29, 1.82) is 0 Å². The van der Waals surface area contributed by atoms with Gasteiger partial charge in [0, 0.05) is 38.9 Å². The molecule has 0 unspecified atom stereocenters.